The van der Waals surface area contributed by atoms with Crippen LogP contribution in [0.4, 0.5) is 0 Å². The third-order valence-corrected chi connectivity index (χ3v) is 4.96. The Bertz CT molecular complexity index is 801. The Morgan fingerprint density at radius 2 is 1.96 bits per heavy atom. The number of carbonyl (C=O) groups is 1. The second-order valence-corrected chi connectivity index (χ2v) is 8.30. The average Bonchev–Trinajstić information content (AvgIpc) is 2.57. The highest BCUT2D eigenvalue weighted by molar-refractivity contribution is 9.10. The van der Waals surface area contributed by atoms with Crippen molar-refractivity contribution in [2.45, 2.75) is 51.9 Å². The van der Waals surface area contributed by atoms with E-state index in [1.165, 1.54) is 0 Å². The number of ether oxygens (including phenoxy) is 2. The fraction of sp³-hybridized carbons (Fsp3) is 0.381. The second kappa shape index (κ2) is 7.31. The quantitative estimate of drug-likeness (QED) is 0.765. The van der Waals surface area contributed by atoms with Gasteiger partial charge in [0.05, 0.1) is 6.04 Å². The molecule has 1 amide bonds. The maximum Gasteiger partial charge on any atom is 0.261 e. The molecule has 0 aromatic heterocycles. The summed E-state index contributed by atoms with van der Waals surface area (Å²) in [4.78, 5) is 12.7. The predicted molar refractivity (Wildman–Crippen MR) is 106 cm³/mol. The van der Waals surface area contributed by atoms with Gasteiger partial charge in [0, 0.05) is 16.5 Å². The fourth-order valence-electron chi connectivity index (χ4n) is 3.16. The lowest BCUT2D eigenvalue weighted by Gasteiger charge is -2.38. The van der Waals surface area contributed by atoms with Gasteiger partial charge in [-0.2, -0.15) is 0 Å². The van der Waals surface area contributed by atoms with Crippen LogP contribution in [-0.2, 0) is 4.79 Å². The summed E-state index contributed by atoms with van der Waals surface area (Å²) in [5.74, 6) is 1.36. The van der Waals surface area contributed by atoms with Crippen LogP contribution in [0.5, 0.6) is 11.5 Å². The first-order chi connectivity index (χ1) is 12.2. The fourth-order valence-corrected chi connectivity index (χ4v) is 3.43. The lowest BCUT2D eigenvalue weighted by Crippen LogP contribution is -2.44. The molecule has 1 aliphatic heterocycles. The van der Waals surface area contributed by atoms with E-state index in [1.54, 1.807) is 6.92 Å². The number of aryl methyl sites for hydroxylation is 1. The summed E-state index contributed by atoms with van der Waals surface area (Å²) in [6, 6.07) is 13.4. The Morgan fingerprint density at radius 3 is 2.65 bits per heavy atom. The average molecular weight is 418 g/mol. The molecule has 2 aromatic carbocycles. The third kappa shape index (κ3) is 4.39. The first-order valence-corrected chi connectivity index (χ1v) is 9.55. The summed E-state index contributed by atoms with van der Waals surface area (Å²) in [7, 11) is 0. The number of benzene rings is 2. The van der Waals surface area contributed by atoms with Crippen LogP contribution in [0.1, 0.15) is 44.4 Å². The molecule has 0 aliphatic carbocycles. The monoisotopic (exact) mass is 417 g/mol. The van der Waals surface area contributed by atoms with E-state index >= 15 is 0 Å². The Kier molecular flexibility index (Phi) is 5.28. The molecule has 1 aliphatic rings. The first kappa shape index (κ1) is 18.8. The van der Waals surface area contributed by atoms with Crippen molar-refractivity contribution in [3.8, 4) is 11.5 Å². The molecule has 1 N–H and O–H groups in total. The van der Waals surface area contributed by atoms with Gasteiger partial charge < -0.3 is 14.8 Å². The summed E-state index contributed by atoms with van der Waals surface area (Å²) < 4.78 is 12.8. The van der Waals surface area contributed by atoms with Gasteiger partial charge >= 0.3 is 0 Å². The molecule has 0 unspecified atom stereocenters. The minimum atomic E-state index is -0.588. The van der Waals surface area contributed by atoms with Gasteiger partial charge in [0.1, 0.15) is 17.1 Å². The van der Waals surface area contributed by atoms with Gasteiger partial charge in [0.2, 0.25) is 0 Å². The highest BCUT2D eigenvalue weighted by Gasteiger charge is 2.35. The van der Waals surface area contributed by atoms with Crippen LogP contribution < -0.4 is 14.8 Å². The molecule has 3 rings (SSSR count). The van der Waals surface area contributed by atoms with Crippen LogP contribution in [0.15, 0.2) is 46.9 Å². The minimum absolute atomic E-state index is 0.0999. The lowest BCUT2D eigenvalue weighted by molar-refractivity contribution is -0.128. The molecule has 1 heterocycles. The van der Waals surface area contributed by atoms with E-state index in [0.29, 0.717) is 12.2 Å². The molecule has 2 atom stereocenters. The summed E-state index contributed by atoms with van der Waals surface area (Å²) in [5, 5.41) is 3.14. The van der Waals surface area contributed by atoms with E-state index in [4.69, 9.17) is 9.47 Å². The van der Waals surface area contributed by atoms with Gasteiger partial charge in [0.25, 0.3) is 5.91 Å². The summed E-state index contributed by atoms with van der Waals surface area (Å²) in [5.41, 5.74) is 1.83. The highest BCUT2D eigenvalue weighted by Crippen LogP contribution is 2.39. The van der Waals surface area contributed by atoms with Crippen molar-refractivity contribution in [1.82, 2.24) is 5.32 Å². The molecule has 5 heteroatoms. The number of hydrogen-bond acceptors (Lipinski definition) is 3. The molecule has 138 valence electrons. The van der Waals surface area contributed by atoms with Gasteiger partial charge in [-0.1, -0.05) is 33.6 Å². The number of rotatable bonds is 4. The number of carbonyl (C=O) groups excluding carboxylic acids is 1. The SMILES string of the molecule is Cc1ccc2c(c1)[C@H](NC(=O)[C@@H](C)Oc1ccc(Br)cc1)CC(C)(C)O2. The summed E-state index contributed by atoms with van der Waals surface area (Å²) >= 11 is 3.39. The van der Waals surface area contributed by atoms with E-state index < -0.39 is 6.10 Å². The van der Waals surface area contributed by atoms with Crippen molar-refractivity contribution in [3.05, 3.63) is 58.1 Å². The highest BCUT2D eigenvalue weighted by atomic mass is 79.9. The van der Waals surface area contributed by atoms with E-state index in [0.717, 1.165) is 21.3 Å². The maximum absolute atomic E-state index is 12.7. The molecular weight excluding hydrogens is 394 g/mol. The van der Waals surface area contributed by atoms with Gasteiger partial charge in [-0.3, -0.25) is 4.79 Å². The van der Waals surface area contributed by atoms with Crippen molar-refractivity contribution < 1.29 is 14.3 Å². The van der Waals surface area contributed by atoms with E-state index in [2.05, 4.69) is 27.3 Å². The van der Waals surface area contributed by atoms with Crippen molar-refractivity contribution in [2.75, 3.05) is 0 Å². The minimum Gasteiger partial charge on any atom is -0.487 e. The zero-order valence-electron chi connectivity index (χ0n) is 15.5. The van der Waals surface area contributed by atoms with Gasteiger partial charge in [0.15, 0.2) is 6.10 Å². The molecule has 26 heavy (non-hydrogen) atoms. The predicted octanol–water partition coefficient (Wildman–Crippen LogP) is 4.94. The van der Waals surface area contributed by atoms with Crippen molar-refractivity contribution in [1.29, 1.82) is 0 Å². The Hall–Kier alpha value is -2.01. The van der Waals surface area contributed by atoms with Crippen LogP contribution in [0.2, 0.25) is 0 Å². The number of amides is 1. The third-order valence-electron chi connectivity index (χ3n) is 4.43. The Balaban J connectivity index is 1.74. The Morgan fingerprint density at radius 1 is 1.27 bits per heavy atom. The molecule has 0 saturated carbocycles. The molecule has 0 fully saturated rings. The first-order valence-electron chi connectivity index (χ1n) is 8.76. The lowest BCUT2D eigenvalue weighted by atomic mass is 9.89. The zero-order valence-corrected chi connectivity index (χ0v) is 17.1. The number of hydrogen-bond donors (Lipinski definition) is 1. The molecule has 0 radical (unpaired) electrons. The van der Waals surface area contributed by atoms with E-state index in [9.17, 15) is 4.79 Å². The Labute approximate surface area is 163 Å². The molecule has 2 aromatic rings. The molecule has 0 saturated heterocycles. The van der Waals surface area contributed by atoms with Crippen LogP contribution >= 0.6 is 15.9 Å². The smallest absolute Gasteiger partial charge is 0.261 e. The van der Waals surface area contributed by atoms with Crippen molar-refractivity contribution in [2.24, 2.45) is 0 Å². The summed E-state index contributed by atoms with van der Waals surface area (Å²) in [6.07, 6.45) is 0.121. The second-order valence-electron chi connectivity index (χ2n) is 7.38. The van der Waals surface area contributed by atoms with E-state index in [1.807, 2.05) is 57.2 Å². The van der Waals surface area contributed by atoms with Crippen molar-refractivity contribution in [3.63, 3.8) is 0 Å². The molecular formula is C21H24BrNO3. The van der Waals surface area contributed by atoms with Crippen LogP contribution in [0.3, 0.4) is 0 Å². The number of fused-ring (bicyclic) bond motifs is 1. The van der Waals surface area contributed by atoms with Crippen LogP contribution in [0.25, 0.3) is 0 Å². The van der Waals surface area contributed by atoms with Gasteiger partial charge in [-0.15, -0.1) is 0 Å². The van der Waals surface area contributed by atoms with Crippen LogP contribution in [0, 0.1) is 6.92 Å². The van der Waals surface area contributed by atoms with Gasteiger partial charge in [-0.25, -0.2) is 0 Å². The van der Waals surface area contributed by atoms with Crippen LogP contribution in [-0.4, -0.2) is 17.6 Å². The molecule has 0 spiro atoms. The van der Waals surface area contributed by atoms with Crippen molar-refractivity contribution >= 4 is 21.8 Å². The molecule has 4 nitrogen and oxygen atoms in total. The number of nitrogens with one attached hydrogen (secondary N) is 1. The normalized spacial score (nSPS) is 19.0. The van der Waals surface area contributed by atoms with Gasteiger partial charge in [-0.05, 0) is 58.0 Å². The zero-order chi connectivity index (χ0) is 18.9. The topological polar surface area (TPSA) is 47.6 Å². The number of halogens is 1. The largest absolute Gasteiger partial charge is 0.487 e. The van der Waals surface area contributed by atoms with E-state index in [-0.39, 0.29) is 17.6 Å². The standard InChI is InChI=1S/C21H24BrNO3/c1-13-5-10-19-17(11-13)18(12-21(3,4)26-19)23-20(24)14(2)25-16-8-6-15(22)7-9-16/h5-11,14,18H,12H2,1-4H3,(H,23,24)/t14-,18-/m1/s1. The maximum atomic E-state index is 12.7. The molecule has 0 bridgehead atoms. The summed E-state index contributed by atoms with van der Waals surface area (Å²) in [6.45, 7) is 7.88.